The third-order valence-electron chi connectivity index (χ3n) is 4.69. The van der Waals surface area contributed by atoms with E-state index in [9.17, 15) is 4.79 Å². The van der Waals surface area contributed by atoms with Crippen LogP contribution >= 0.6 is 0 Å². The van der Waals surface area contributed by atoms with Crippen molar-refractivity contribution in [3.05, 3.63) is 41.2 Å². The molecule has 7 nitrogen and oxygen atoms in total. The number of aryl methyl sites for hydroxylation is 2. The van der Waals surface area contributed by atoms with Gasteiger partial charge in [0.05, 0.1) is 18.3 Å². The average molecular weight is 324 g/mol. The molecule has 1 fully saturated rings. The minimum atomic E-state index is 0.0592. The predicted octanol–water partition coefficient (Wildman–Crippen LogP) is 2.08. The molecule has 3 heterocycles. The maximum Gasteiger partial charge on any atom is 0.254 e. The minimum absolute atomic E-state index is 0.0592. The van der Waals surface area contributed by atoms with Crippen LogP contribution in [0.15, 0.2) is 24.3 Å². The molecule has 4 rings (SSSR count). The Labute approximate surface area is 139 Å². The lowest BCUT2D eigenvalue weighted by molar-refractivity contribution is 0.0721. The van der Waals surface area contributed by atoms with E-state index in [0.29, 0.717) is 5.56 Å². The number of nitrogens with one attached hydrogen (secondary N) is 1. The summed E-state index contributed by atoms with van der Waals surface area (Å²) in [6, 6.07) is 7.72. The molecular weight excluding hydrogens is 304 g/mol. The molecule has 1 saturated heterocycles. The molecule has 124 valence electrons. The smallest absolute Gasteiger partial charge is 0.254 e. The van der Waals surface area contributed by atoms with Gasteiger partial charge < -0.3 is 4.90 Å². The maximum absolute atomic E-state index is 12.9. The van der Waals surface area contributed by atoms with E-state index in [1.807, 2.05) is 28.6 Å². The number of hydrogen-bond acceptors (Lipinski definition) is 4. The van der Waals surface area contributed by atoms with Crippen molar-refractivity contribution in [2.45, 2.75) is 39.3 Å². The van der Waals surface area contributed by atoms with Gasteiger partial charge in [0.25, 0.3) is 5.91 Å². The minimum Gasteiger partial charge on any atom is -0.334 e. The Morgan fingerprint density at radius 2 is 2.08 bits per heavy atom. The summed E-state index contributed by atoms with van der Waals surface area (Å²) < 4.78 is 2.01. The Morgan fingerprint density at radius 1 is 1.25 bits per heavy atom. The van der Waals surface area contributed by atoms with Gasteiger partial charge in [-0.05, 0) is 51.0 Å². The van der Waals surface area contributed by atoms with E-state index < -0.39 is 0 Å². The molecule has 0 saturated carbocycles. The lowest BCUT2D eigenvalue weighted by Crippen LogP contribution is -2.38. The molecule has 1 aromatic carbocycles. The summed E-state index contributed by atoms with van der Waals surface area (Å²) in [5.74, 6) is 0.0592. The van der Waals surface area contributed by atoms with E-state index in [-0.39, 0.29) is 11.9 Å². The normalized spacial score (nSPS) is 17.8. The largest absolute Gasteiger partial charge is 0.334 e. The number of aromatic amines is 1. The van der Waals surface area contributed by atoms with Crippen molar-refractivity contribution in [1.29, 1.82) is 0 Å². The highest BCUT2D eigenvalue weighted by Gasteiger charge is 2.30. The summed E-state index contributed by atoms with van der Waals surface area (Å²) in [6.45, 7) is 5.59. The number of amides is 1. The van der Waals surface area contributed by atoms with Crippen LogP contribution in [-0.2, 0) is 6.54 Å². The van der Waals surface area contributed by atoms with Gasteiger partial charge in [0.2, 0.25) is 0 Å². The first-order valence-electron chi connectivity index (χ1n) is 8.24. The van der Waals surface area contributed by atoms with E-state index >= 15 is 0 Å². The molecule has 0 radical (unpaired) electrons. The van der Waals surface area contributed by atoms with Crippen molar-refractivity contribution >= 4 is 16.9 Å². The molecule has 24 heavy (non-hydrogen) atoms. The van der Waals surface area contributed by atoms with Gasteiger partial charge in [-0.25, -0.2) is 0 Å². The fourth-order valence-electron chi connectivity index (χ4n) is 3.49. The molecule has 0 spiro atoms. The summed E-state index contributed by atoms with van der Waals surface area (Å²) in [7, 11) is 0. The van der Waals surface area contributed by atoms with Crippen LogP contribution in [0.25, 0.3) is 11.0 Å². The summed E-state index contributed by atoms with van der Waals surface area (Å²) in [5, 5.41) is 15.2. The quantitative estimate of drug-likeness (QED) is 0.800. The van der Waals surface area contributed by atoms with Crippen molar-refractivity contribution in [2.24, 2.45) is 0 Å². The number of H-pyrrole nitrogens is 1. The average Bonchev–Trinajstić information content (AvgIpc) is 3.27. The van der Waals surface area contributed by atoms with Crippen LogP contribution in [0.2, 0.25) is 0 Å². The number of carbonyl (C=O) groups is 1. The molecule has 1 aliphatic rings. The molecule has 1 N–H and O–H groups in total. The zero-order valence-corrected chi connectivity index (χ0v) is 13.9. The number of fused-ring (bicyclic) bond motifs is 1. The van der Waals surface area contributed by atoms with Gasteiger partial charge in [-0.2, -0.15) is 20.5 Å². The Kier molecular flexibility index (Phi) is 3.55. The number of carbonyl (C=O) groups excluding carboxylic acids is 1. The number of hydrogen-bond donors (Lipinski definition) is 1. The van der Waals surface area contributed by atoms with Crippen molar-refractivity contribution in [3.8, 4) is 0 Å². The van der Waals surface area contributed by atoms with Crippen LogP contribution in [0.5, 0.6) is 0 Å². The zero-order valence-electron chi connectivity index (χ0n) is 13.9. The Bertz CT molecular complexity index is 896. The first kappa shape index (κ1) is 14.9. The number of rotatable bonds is 3. The molecule has 1 atom stereocenters. The molecule has 2 aromatic heterocycles. The number of likely N-dealkylation sites (tertiary alicyclic amines) is 1. The second-order valence-corrected chi connectivity index (χ2v) is 6.43. The Hall–Kier alpha value is -2.70. The van der Waals surface area contributed by atoms with Crippen molar-refractivity contribution in [2.75, 3.05) is 6.54 Å². The van der Waals surface area contributed by atoms with Crippen LogP contribution in [0, 0.1) is 13.8 Å². The third-order valence-corrected chi connectivity index (χ3v) is 4.69. The van der Waals surface area contributed by atoms with Crippen molar-refractivity contribution in [1.82, 2.24) is 30.1 Å². The molecule has 0 bridgehead atoms. The molecule has 7 heteroatoms. The molecule has 0 aliphatic carbocycles. The fraction of sp³-hybridized carbons (Fsp3) is 0.412. The van der Waals surface area contributed by atoms with E-state index in [0.717, 1.165) is 48.4 Å². The van der Waals surface area contributed by atoms with E-state index in [4.69, 9.17) is 0 Å². The van der Waals surface area contributed by atoms with Gasteiger partial charge >= 0.3 is 0 Å². The van der Waals surface area contributed by atoms with Crippen LogP contribution in [-0.4, -0.2) is 48.6 Å². The summed E-state index contributed by atoms with van der Waals surface area (Å²) in [5.41, 5.74) is 4.30. The Morgan fingerprint density at radius 3 is 2.88 bits per heavy atom. The van der Waals surface area contributed by atoms with Gasteiger partial charge in [0, 0.05) is 17.8 Å². The fourth-order valence-corrected chi connectivity index (χ4v) is 3.49. The molecular formula is C17H20N6O. The summed E-state index contributed by atoms with van der Waals surface area (Å²) in [4.78, 5) is 14.9. The van der Waals surface area contributed by atoms with E-state index in [1.54, 1.807) is 6.07 Å². The highest BCUT2D eigenvalue weighted by Crippen LogP contribution is 2.23. The first-order valence-corrected chi connectivity index (χ1v) is 8.24. The summed E-state index contributed by atoms with van der Waals surface area (Å²) >= 11 is 0. The monoisotopic (exact) mass is 324 g/mol. The van der Waals surface area contributed by atoms with Gasteiger partial charge in [0.15, 0.2) is 0 Å². The predicted molar refractivity (Wildman–Crippen MR) is 89.6 cm³/mol. The standard InChI is InChI=1S/C17H20N6O/c1-11-8-12(2)23(20-11)10-14-4-3-7-22(14)17(24)13-5-6-15-16(9-13)19-21-18-15/h5-6,8-9,14H,3-4,7,10H2,1-2H3,(H,18,19,21). The second-order valence-electron chi connectivity index (χ2n) is 6.43. The SMILES string of the molecule is Cc1cc(C)n(CC2CCCN2C(=O)c2ccc3n[nH]nc3c2)n1. The molecule has 1 amide bonds. The van der Waals surface area contributed by atoms with Gasteiger partial charge in [-0.3, -0.25) is 9.48 Å². The zero-order chi connectivity index (χ0) is 16.7. The van der Waals surface area contributed by atoms with Crippen molar-refractivity contribution in [3.63, 3.8) is 0 Å². The number of aromatic nitrogens is 5. The van der Waals surface area contributed by atoms with E-state index in [2.05, 4.69) is 33.5 Å². The number of nitrogens with zero attached hydrogens (tertiary/aromatic N) is 5. The van der Waals surface area contributed by atoms with E-state index in [1.165, 1.54) is 0 Å². The first-order chi connectivity index (χ1) is 11.6. The van der Waals surface area contributed by atoms with Crippen molar-refractivity contribution < 1.29 is 4.79 Å². The van der Waals surface area contributed by atoms with Gasteiger partial charge in [0.1, 0.15) is 11.0 Å². The highest BCUT2D eigenvalue weighted by atomic mass is 16.2. The second kappa shape index (κ2) is 5.74. The highest BCUT2D eigenvalue weighted by molar-refractivity contribution is 5.97. The van der Waals surface area contributed by atoms with Crippen LogP contribution in [0.4, 0.5) is 0 Å². The lowest BCUT2D eigenvalue weighted by Gasteiger charge is -2.25. The molecule has 1 aliphatic heterocycles. The summed E-state index contributed by atoms with van der Waals surface area (Å²) in [6.07, 6.45) is 2.04. The molecule has 3 aromatic rings. The van der Waals surface area contributed by atoms with Crippen LogP contribution in [0.1, 0.15) is 34.6 Å². The maximum atomic E-state index is 12.9. The molecule has 1 unspecified atom stereocenters. The van der Waals surface area contributed by atoms with Crippen LogP contribution < -0.4 is 0 Å². The van der Waals surface area contributed by atoms with Gasteiger partial charge in [-0.15, -0.1) is 0 Å². The number of benzene rings is 1. The topological polar surface area (TPSA) is 79.7 Å². The lowest BCUT2D eigenvalue weighted by atomic mass is 10.1. The van der Waals surface area contributed by atoms with Crippen LogP contribution in [0.3, 0.4) is 0 Å². The Balaban J connectivity index is 1.57. The third kappa shape index (κ3) is 2.55. The van der Waals surface area contributed by atoms with Gasteiger partial charge in [-0.1, -0.05) is 0 Å².